The molecule has 0 aliphatic rings. The average molecular weight is 251 g/mol. The number of nitrogens with zero attached hydrogens (tertiary/aromatic N) is 2. The highest BCUT2D eigenvalue weighted by atomic mass is 16.6. The van der Waals surface area contributed by atoms with Gasteiger partial charge >= 0.3 is 0 Å². The van der Waals surface area contributed by atoms with Crippen LogP contribution in [0.25, 0.3) is 0 Å². The van der Waals surface area contributed by atoms with E-state index in [1.165, 1.54) is 12.1 Å². The predicted molar refractivity (Wildman–Crippen MR) is 70.0 cm³/mol. The van der Waals surface area contributed by atoms with E-state index in [0.717, 1.165) is 5.57 Å². The Morgan fingerprint density at radius 1 is 1.61 bits per heavy atom. The van der Waals surface area contributed by atoms with Crippen molar-refractivity contribution in [1.29, 1.82) is 0 Å². The molecule has 1 rings (SSSR count). The second kappa shape index (κ2) is 6.58. The summed E-state index contributed by atoms with van der Waals surface area (Å²) in [7, 11) is 0. The second-order valence-electron chi connectivity index (χ2n) is 3.89. The van der Waals surface area contributed by atoms with E-state index in [1.807, 2.05) is 13.8 Å². The molecule has 0 fully saturated rings. The van der Waals surface area contributed by atoms with Gasteiger partial charge in [-0.15, -0.1) is 6.58 Å². The Bertz CT molecular complexity index is 446. The van der Waals surface area contributed by atoms with Crippen molar-refractivity contribution in [3.05, 3.63) is 34.4 Å². The van der Waals surface area contributed by atoms with E-state index in [4.69, 9.17) is 4.74 Å². The topological polar surface area (TPSA) is 77.3 Å². The summed E-state index contributed by atoms with van der Waals surface area (Å²) in [5.74, 6) is 0.693. The lowest BCUT2D eigenvalue weighted by atomic mass is 10.3. The third-order valence-corrected chi connectivity index (χ3v) is 2.13. The van der Waals surface area contributed by atoms with Crippen LogP contribution in [-0.2, 0) is 0 Å². The highest BCUT2D eigenvalue weighted by molar-refractivity contribution is 5.48. The Hall–Kier alpha value is -2.11. The van der Waals surface area contributed by atoms with Crippen LogP contribution in [0, 0.1) is 10.1 Å². The SMILES string of the molecule is C=C(C)CCOc1cc([N+](=O)[O-])cc(NCC)n1. The van der Waals surface area contributed by atoms with Crippen LogP contribution in [0.1, 0.15) is 20.3 Å². The van der Waals surface area contributed by atoms with E-state index in [-0.39, 0.29) is 11.6 Å². The number of rotatable bonds is 7. The van der Waals surface area contributed by atoms with Crippen molar-refractivity contribution < 1.29 is 9.66 Å². The summed E-state index contributed by atoms with van der Waals surface area (Å²) >= 11 is 0. The molecule has 6 nitrogen and oxygen atoms in total. The molecule has 0 radical (unpaired) electrons. The van der Waals surface area contributed by atoms with E-state index in [0.29, 0.717) is 25.4 Å². The van der Waals surface area contributed by atoms with Crippen molar-refractivity contribution in [3.63, 3.8) is 0 Å². The maximum absolute atomic E-state index is 10.8. The Morgan fingerprint density at radius 2 is 2.33 bits per heavy atom. The van der Waals surface area contributed by atoms with Crippen LogP contribution in [0.5, 0.6) is 5.88 Å². The van der Waals surface area contributed by atoms with Gasteiger partial charge in [0.1, 0.15) is 5.82 Å². The van der Waals surface area contributed by atoms with Crippen molar-refractivity contribution in [2.75, 3.05) is 18.5 Å². The molecule has 0 bridgehead atoms. The zero-order valence-electron chi connectivity index (χ0n) is 10.6. The van der Waals surface area contributed by atoms with E-state index >= 15 is 0 Å². The Labute approximate surface area is 106 Å². The first-order valence-corrected chi connectivity index (χ1v) is 5.70. The molecule has 98 valence electrons. The number of hydrogen-bond donors (Lipinski definition) is 1. The van der Waals surface area contributed by atoms with Crippen LogP contribution in [0.2, 0.25) is 0 Å². The van der Waals surface area contributed by atoms with Gasteiger partial charge in [0.15, 0.2) is 0 Å². The molecule has 1 N–H and O–H groups in total. The maximum atomic E-state index is 10.8. The van der Waals surface area contributed by atoms with Crippen LogP contribution < -0.4 is 10.1 Å². The van der Waals surface area contributed by atoms with E-state index in [1.54, 1.807) is 0 Å². The van der Waals surface area contributed by atoms with Crippen molar-refractivity contribution in [3.8, 4) is 5.88 Å². The summed E-state index contributed by atoms with van der Waals surface area (Å²) in [4.78, 5) is 14.4. The molecule has 0 spiro atoms. The van der Waals surface area contributed by atoms with Gasteiger partial charge in [0.2, 0.25) is 5.88 Å². The fourth-order valence-electron chi connectivity index (χ4n) is 1.27. The van der Waals surface area contributed by atoms with Crippen molar-refractivity contribution in [2.24, 2.45) is 0 Å². The second-order valence-corrected chi connectivity index (χ2v) is 3.89. The van der Waals surface area contributed by atoms with Crippen molar-refractivity contribution >= 4 is 11.5 Å². The third-order valence-electron chi connectivity index (χ3n) is 2.13. The Balaban J connectivity index is 2.82. The number of nitrogens with one attached hydrogen (secondary N) is 1. The minimum atomic E-state index is -0.464. The minimum Gasteiger partial charge on any atom is -0.477 e. The normalized spacial score (nSPS) is 9.89. The third kappa shape index (κ3) is 4.40. The summed E-state index contributed by atoms with van der Waals surface area (Å²) in [6.07, 6.45) is 0.695. The van der Waals surface area contributed by atoms with E-state index < -0.39 is 4.92 Å². The molecule has 1 aromatic heterocycles. The van der Waals surface area contributed by atoms with E-state index in [2.05, 4.69) is 16.9 Å². The first kappa shape index (κ1) is 14.0. The number of pyridine rings is 1. The molecule has 0 aliphatic carbocycles. The van der Waals surface area contributed by atoms with Gasteiger partial charge in [-0.2, -0.15) is 4.98 Å². The lowest BCUT2D eigenvalue weighted by Gasteiger charge is -2.07. The molecule has 0 saturated carbocycles. The number of ether oxygens (including phenoxy) is 1. The number of nitro groups is 1. The lowest BCUT2D eigenvalue weighted by molar-refractivity contribution is -0.384. The molecule has 6 heteroatoms. The molecule has 1 heterocycles. The molecule has 0 atom stereocenters. The number of anilines is 1. The summed E-state index contributed by atoms with van der Waals surface area (Å²) < 4.78 is 5.38. The van der Waals surface area contributed by atoms with Gasteiger partial charge in [-0.05, 0) is 13.8 Å². The summed E-state index contributed by atoms with van der Waals surface area (Å²) in [5, 5.41) is 13.7. The van der Waals surface area contributed by atoms with Crippen molar-refractivity contribution in [2.45, 2.75) is 20.3 Å². The zero-order chi connectivity index (χ0) is 13.5. The minimum absolute atomic E-state index is 0.0359. The fourth-order valence-corrected chi connectivity index (χ4v) is 1.27. The molecule has 1 aromatic rings. The van der Waals surface area contributed by atoms with Crippen LogP contribution in [0.4, 0.5) is 11.5 Å². The predicted octanol–water partition coefficient (Wildman–Crippen LogP) is 2.77. The summed E-state index contributed by atoms with van der Waals surface area (Å²) in [6, 6.07) is 2.70. The lowest BCUT2D eigenvalue weighted by Crippen LogP contribution is -2.04. The summed E-state index contributed by atoms with van der Waals surface area (Å²) in [5.41, 5.74) is 0.957. The highest BCUT2D eigenvalue weighted by Crippen LogP contribution is 2.22. The van der Waals surface area contributed by atoms with E-state index in [9.17, 15) is 10.1 Å². The number of hydrogen-bond acceptors (Lipinski definition) is 5. The van der Waals surface area contributed by atoms with Crippen LogP contribution in [0.3, 0.4) is 0 Å². The van der Waals surface area contributed by atoms with Gasteiger partial charge < -0.3 is 10.1 Å². The fraction of sp³-hybridized carbons (Fsp3) is 0.417. The van der Waals surface area contributed by atoms with Gasteiger partial charge in [0.25, 0.3) is 5.69 Å². The molecule has 0 amide bonds. The first-order valence-electron chi connectivity index (χ1n) is 5.70. The Morgan fingerprint density at radius 3 is 2.89 bits per heavy atom. The molecule has 0 saturated heterocycles. The highest BCUT2D eigenvalue weighted by Gasteiger charge is 2.11. The largest absolute Gasteiger partial charge is 0.477 e. The van der Waals surface area contributed by atoms with Gasteiger partial charge in [-0.1, -0.05) is 5.57 Å². The van der Waals surface area contributed by atoms with Crippen LogP contribution in [-0.4, -0.2) is 23.1 Å². The molecule has 0 unspecified atom stereocenters. The standard InChI is InChI=1S/C12H17N3O3/c1-4-13-11-7-10(15(16)17)8-12(14-11)18-6-5-9(2)3/h7-8H,2,4-6H2,1,3H3,(H,13,14). The van der Waals surface area contributed by atoms with Crippen molar-refractivity contribution in [1.82, 2.24) is 4.98 Å². The first-order chi connectivity index (χ1) is 8.52. The molecule has 0 aliphatic heterocycles. The zero-order valence-corrected chi connectivity index (χ0v) is 10.6. The molecular formula is C12H17N3O3. The van der Waals surface area contributed by atoms with Gasteiger partial charge in [0.05, 0.1) is 23.7 Å². The molecular weight excluding hydrogens is 234 g/mol. The smallest absolute Gasteiger partial charge is 0.278 e. The Kier molecular flexibility index (Phi) is 5.10. The quantitative estimate of drug-likeness (QED) is 0.458. The van der Waals surface area contributed by atoms with Gasteiger partial charge in [0, 0.05) is 13.0 Å². The summed E-state index contributed by atoms with van der Waals surface area (Å²) in [6.45, 7) is 8.60. The maximum Gasteiger partial charge on any atom is 0.278 e. The monoisotopic (exact) mass is 251 g/mol. The molecule has 0 aromatic carbocycles. The molecule has 18 heavy (non-hydrogen) atoms. The van der Waals surface area contributed by atoms with Crippen LogP contribution >= 0.6 is 0 Å². The van der Waals surface area contributed by atoms with Crippen LogP contribution in [0.15, 0.2) is 24.3 Å². The van der Waals surface area contributed by atoms with Gasteiger partial charge in [-0.3, -0.25) is 10.1 Å². The van der Waals surface area contributed by atoms with Gasteiger partial charge in [-0.25, -0.2) is 0 Å². The average Bonchev–Trinajstić information content (AvgIpc) is 2.28. The number of aromatic nitrogens is 1.